The Labute approximate surface area is 149 Å². The van der Waals surface area contributed by atoms with E-state index in [1.807, 2.05) is 19.1 Å². The van der Waals surface area contributed by atoms with Crippen LogP contribution >= 0.6 is 0 Å². The van der Waals surface area contributed by atoms with E-state index in [0.717, 1.165) is 9.87 Å². The van der Waals surface area contributed by atoms with E-state index in [1.54, 1.807) is 42.5 Å². The molecule has 0 spiro atoms. The van der Waals surface area contributed by atoms with E-state index < -0.39 is 20.0 Å². The Kier molecular flexibility index (Phi) is 6.21. The summed E-state index contributed by atoms with van der Waals surface area (Å²) in [6, 6.07) is 15.8. The normalized spacial score (nSPS) is 12.1. The Hall–Kier alpha value is -1.90. The maximum Gasteiger partial charge on any atom is 0.236 e. The lowest BCUT2D eigenvalue weighted by Crippen LogP contribution is -2.36. The van der Waals surface area contributed by atoms with E-state index >= 15 is 0 Å². The van der Waals surface area contributed by atoms with Gasteiger partial charge in [-0.3, -0.25) is 4.31 Å². The van der Waals surface area contributed by atoms with E-state index in [0.29, 0.717) is 11.3 Å². The number of aryl methyl sites for hydroxylation is 1. The maximum absolute atomic E-state index is 12.3. The summed E-state index contributed by atoms with van der Waals surface area (Å²) in [5.74, 6) is -0.486. The van der Waals surface area contributed by atoms with Gasteiger partial charge in [0.15, 0.2) is 0 Å². The quantitative estimate of drug-likeness (QED) is 0.756. The van der Waals surface area contributed by atoms with Crippen molar-refractivity contribution in [3.8, 4) is 0 Å². The van der Waals surface area contributed by atoms with Crippen molar-refractivity contribution in [3.63, 3.8) is 0 Å². The highest BCUT2D eigenvalue weighted by Gasteiger charge is 2.20. The molecule has 2 rings (SSSR count). The number of nitrogens with zero attached hydrogens (tertiary/aromatic N) is 1. The molecule has 0 amide bonds. The van der Waals surface area contributed by atoms with E-state index in [9.17, 15) is 16.8 Å². The number of hydrogen-bond acceptors (Lipinski definition) is 4. The van der Waals surface area contributed by atoms with Gasteiger partial charge >= 0.3 is 0 Å². The van der Waals surface area contributed by atoms with Crippen molar-refractivity contribution < 1.29 is 16.8 Å². The van der Waals surface area contributed by atoms with Gasteiger partial charge in [0.05, 0.1) is 17.2 Å². The molecule has 136 valence electrons. The minimum atomic E-state index is -3.61. The van der Waals surface area contributed by atoms with Crippen LogP contribution < -0.4 is 9.03 Å². The van der Waals surface area contributed by atoms with Crippen LogP contribution in [0.25, 0.3) is 0 Å². The Morgan fingerprint density at radius 2 is 1.52 bits per heavy atom. The lowest BCUT2D eigenvalue weighted by molar-refractivity contribution is 0.580. The van der Waals surface area contributed by atoms with Crippen LogP contribution in [0.5, 0.6) is 0 Å². The zero-order valence-electron chi connectivity index (χ0n) is 14.2. The van der Waals surface area contributed by atoms with Crippen LogP contribution in [-0.2, 0) is 25.8 Å². The summed E-state index contributed by atoms with van der Waals surface area (Å²) in [6.45, 7) is 1.66. The van der Waals surface area contributed by atoms with Gasteiger partial charge in [-0.25, -0.2) is 21.6 Å². The molecule has 2 aromatic carbocycles. The fourth-order valence-electron chi connectivity index (χ4n) is 2.29. The van der Waals surface area contributed by atoms with Gasteiger partial charge in [-0.2, -0.15) is 0 Å². The molecule has 25 heavy (non-hydrogen) atoms. The number of para-hydroxylation sites is 1. The summed E-state index contributed by atoms with van der Waals surface area (Å²) in [6.07, 6.45) is 0. The van der Waals surface area contributed by atoms with Crippen molar-refractivity contribution in [2.45, 2.75) is 12.7 Å². The highest BCUT2D eigenvalue weighted by Crippen LogP contribution is 2.15. The summed E-state index contributed by atoms with van der Waals surface area (Å²) in [7, 11) is -5.76. The van der Waals surface area contributed by atoms with Gasteiger partial charge in [0.1, 0.15) is 0 Å². The van der Waals surface area contributed by atoms with Crippen molar-refractivity contribution in [2.24, 2.45) is 0 Å². The first-order chi connectivity index (χ1) is 11.7. The van der Waals surface area contributed by atoms with Crippen molar-refractivity contribution >= 4 is 25.7 Å². The minimum absolute atomic E-state index is 0.172. The molecule has 0 atom stereocenters. The van der Waals surface area contributed by atoms with Gasteiger partial charge < -0.3 is 0 Å². The third kappa shape index (κ3) is 5.55. The van der Waals surface area contributed by atoms with Gasteiger partial charge in [-0.1, -0.05) is 42.5 Å². The van der Waals surface area contributed by atoms with E-state index in [-0.39, 0.29) is 18.1 Å². The van der Waals surface area contributed by atoms with Crippen LogP contribution in [0.4, 0.5) is 5.69 Å². The molecular formula is C17H22N2O4S2. The van der Waals surface area contributed by atoms with Gasteiger partial charge in [0.2, 0.25) is 20.0 Å². The third-order valence-electron chi connectivity index (χ3n) is 3.83. The van der Waals surface area contributed by atoms with E-state index in [1.165, 1.54) is 7.05 Å². The Morgan fingerprint density at radius 3 is 2.16 bits per heavy atom. The standard InChI is InChI=1S/C17H22N2O4S2/c1-15-8-6-7-9-16(15)14-24(20,21)18-12-13-25(22,23)19(2)17-10-4-3-5-11-17/h3-11,18H,12-14H2,1-2H3. The van der Waals surface area contributed by atoms with Crippen LogP contribution in [-0.4, -0.2) is 36.2 Å². The second kappa shape index (κ2) is 7.99. The van der Waals surface area contributed by atoms with Gasteiger partial charge in [-0.15, -0.1) is 0 Å². The molecule has 6 nitrogen and oxygen atoms in total. The van der Waals surface area contributed by atoms with Crippen LogP contribution in [0.3, 0.4) is 0 Å². The van der Waals surface area contributed by atoms with Crippen molar-refractivity contribution in [2.75, 3.05) is 23.7 Å². The summed E-state index contributed by atoms with van der Waals surface area (Å²) in [5, 5.41) is 0. The number of rotatable bonds is 8. The molecule has 0 saturated carbocycles. The fourth-order valence-corrected chi connectivity index (χ4v) is 4.74. The lowest BCUT2D eigenvalue weighted by Gasteiger charge is -2.19. The second-order valence-electron chi connectivity index (χ2n) is 5.70. The first-order valence-electron chi connectivity index (χ1n) is 7.75. The first kappa shape index (κ1) is 19.4. The summed E-state index contributed by atoms with van der Waals surface area (Å²) in [5.41, 5.74) is 2.11. The fraction of sp³-hybridized carbons (Fsp3) is 0.294. The Bertz CT molecular complexity index is 911. The molecule has 2 aromatic rings. The molecule has 0 fully saturated rings. The molecular weight excluding hydrogens is 360 g/mol. The zero-order valence-corrected chi connectivity index (χ0v) is 15.8. The Morgan fingerprint density at radius 1 is 0.920 bits per heavy atom. The largest absolute Gasteiger partial charge is 0.273 e. The van der Waals surface area contributed by atoms with Crippen LogP contribution in [0.15, 0.2) is 54.6 Å². The summed E-state index contributed by atoms with van der Waals surface area (Å²) >= 11 is 0. The van der Waals surface area contributed by atoms with E-state index in [2.05, 4.69) is 4.72 Å². The van der Waals surface area contributed by atoms with Crippen molar-refractivity contribution in [1.82, 2.24) is 4.72 Å². The smallest absolute Gasteiger partial charge is 0.236 e. The van der Waals surface area contributed by atoms with Gasteiger partial charge in [0.25, 0.3) is 0 Å². The first-order valence-corrected chi connectivity index (χ1v) is 11.0. The Balaban J connectivity index is 1.96. The molecule has 0 radical (unpaired) electrons. The number of nitrogens with one attached hydrogen (secondary N) is 1. The maximum atomic E-state index is 12.3. The van der Waals surface area contributed by atoms with Crippen molar-refractivity contribution in [3.05, 3.63) is 65.7 Å². The number of hydrogen-bond donors (Lipinski definition) is 1. The molecule has 0 saturated heterocycles. The molecule has 8 heteroatoms. The second-order valence-corrected chi connectivity index (χ2v) is 9.63. The van der Waals surface area contributed by atoms with E-state index in [4.69, 9.17) is 0 Å². The van der Waals surface area contributed by atoms with Crippen molar-refractivity contribution in [1.29, 1.82) is 0 Å². The third-order valence-corrected chi connectivity index (χ3v) is 6.93. The van der Waals surface area contributed by atoms with Crippen LogP contribution in [0.1, 0.15) is 11.1 Å². The van der Waals surface area contributed by atoms with Gasteiger partial charge in [0, 0.05) is 13.6 Å². The lowest BCUT2D eigenvalue weighted by atomic mass is 10.1. The minimum Gasteiger partial charge on any atom is -0.273 e. The van der Waals surface area contributed by atoms with Gasteiger partial charge in [-0.05, 0) is 30.2 Å². The number of benzene rings is 2. The zero-order chi connectivity index (χ0) is 18.5. The van der Waals surface area contributed by atoms with Crippen LogP contribution in [0.2, 0.25) is 0 Å². The molecule has 1 N–H and O–H groups in total. The average molecular weight is 383 g/mol. The number of anilines is 1. The molecule has 0 aromatic heterocycles. The molecule has 0 aliphatic carbocycles. The molecule has 0 unspecified atom stereocenters. The average Bonchev–Trinajstić information content (AvgIpc) is 2.56. The summed E-state index contributed by atoms with van der Waals surface area (Å²) in [4.78, 5) is 0. The van der Waals surface area contributed by atoms with Crippen LogP contribution in [0, 0.1) is 6.92 Å². The molecule has 0 bridgehead atoms. The SMILES string of the molecule is Cc1ccccc1CS(=O)(=O)NCCS(=O)(=O)N(C)c1ccccc1. The predicted molar refractivity (Wildman–Crippen MR) is 100 cm³/mol. The predicted octanol–water partition coefficient (Wildman–Crippen LogP) is 1.88. The monoisotopic (exact) mass is 382 g/mol. The highest BCUT2D eigenvalue weighted by atomic mass is 32.2. The molecule has 0 aliphatic heterocycles. The summed E-state index contributed by atoms with van der Waals surface area (Å²) < 4.78 is 52.5. The molecule has 0 aliphatic rings. The number of sulfonamides is 2. The topological polar surface area (TPSA) is 83.5 Å². The molecule has 0 heterocycles. The highest BCUT2D eigenvalue weighted by molar-refractivity contribution is 7.92.